The Kier molecular flexibility index (Phi) is 2.96. The first-order valence-electron chi connectivity index (χ1n) is 4.14. The molecule has 0 aliphatic rings. The third-order valence-electron chi connectivity index (χ3n) is 2.04. The molecule has 4 heteroatoms. The van der Waals surface area contributed by atoms with Crippen molar-refractivity contribution >= 4 is 5.97 Å². The van der Waals surface area contributed by atoms with Gasteiger partial charge in [-0.15, -0.1) is 0 Å². The molecule has 14 heavy (non-hydrogen) atoms. The maximum atomic E-state index is 11.2. The molecule has 1 aromatic rings. The summed E-state index contributed by atoms with van der Waals surface area (Å²) in [6.07, 6.45) is 0. The molecule has 0 bridgehead atoms. The molecule has 1 N–H and O–H groups in total. The van der Waals surface area contributed by atoms with Crippen LogP contribution < -0.4 is 4.74 Å². The molecule has 0 spiro atoms. The lowest BCUT2D eigenvalue weighted by atomic mass is 10.1. The van der Waals surface area contributed by atoms with Crippen LogP contribution in [0.5, 0.6) is 11.5 Å². The number of benzene rings is 1. The predicted molar refractivity (Wildman–Crippen MR) is 49.2 cm³/mol. The number of rotatable bonds is 3. The molecule has 0 atom stereocenters. The fourth-order valence-electron chi connectivity index (χ4n) is 1.07. The van der Waals surface area contributed by atoms with Crippen LogP contribution in [-0.4, -0.2) is 17.7 Å². The van der Waals surface area contributed by atoms with E-state index in [1.54, 1.807) is 13.8 Å². The van der Waals surface area contributed by atoms with E-state index in [9.17, 15) is 9.90 Å². The zero-order chi connectivity index (χ0) is 10.7. The molecule has 0 unspecified atom stereocenters. The Balaban J connectivity index is 2.88. The van der Waals surface area contributed by atoms with E-state index >= 15 is 0 Å². The van der Waals surface area contributed by atoms with E-state index in [4.69, 9.17) is 9.84 Å². The molecule has 0 saturated carbocycles. The van der Waals surface area contributed by atoms with Crippen LogP contribution in [0.2, 0.25) is 0 Å². The van der Waals surface area contributed by atoms with E-state index in [1.165, 1.54) is 12.1 Å². The lowest BCUT2D eigenvalue weighted by Crippen LogP contribution is -2.10. The van der Waals surface area contributed by atoms with Crippen LogP contribution in [0, 0.1) is 13.8 Å². The summed E-state index contributed by atoms with van der Waals surface area (Å²) in [6.45, 7) is 3.03. The van der Waals surface area contributed by atoms with Crippen molar-refractivity contribution < 1.29 is 19.7 Å². The highest BCUT2D eigenvalue weighted by Crippen LogP contribution is 2.28. The van der Waals surface area contributed by atoms with Gasteiger partial charge in [0.2, 0.25) is 0 Å². The van der Waals surface area contributed by atoms with Gasteiger partial charge in [0.05, 0.1) is 0 Å². The largest absolute Gasteiger partial charge is 0.482 e. The highest BCUT2D eigenvalue weighted by atomic mass is 16.5. The third-order valence-corrected chi connectivity index (χ3v) is 2.04. The van der Waals surface area contributed by atoms with Crippen LogP contribution >= 0.6 is 0 Å². The molecule has 0 fully saturated rings. The monoisotopic (exact) mass is 195 g/mol. The van der Waals surface area contributed by atoms with Crippen LogP contribution in [0.1, 0.15) is 11.1 Å². The zero-order valence-corrected chi connectivity index (χ0v) is 8.03. The fraction of sp³-hybridized carbons (Fsp3) is 0.300. The Morgan fingerprint density at radius 1 is 1.36 bits per heavy atom. The predicted octanol–water partition coefficient (Wildman–Crippen LogP) is 1.91. The van der Waals surface area contributed by atoms with Crippen molar-refractivity contribution in [3.05, 3.63) is 23.3 Å². The van der Waals surface area contributed by atoms with E-state index in [0.29, 0.717) is 16.9 Å². The molecule has 4 nitrogen and oxygen atoms in total. The first-order valence-corrected chi connectivity index (χ1v) is 4.14. The summed E-state index contributed by atoms with van der Waals surface area (Å²) in [5, 5.41) is 19.6. The second-order valence-corrected chi connectivity index (χ2v) is 2.99. The zero-order valence-electron chi connectivity index (χ0n) is 8.03. The Hall–Kier alpha value is -1.71. The number of hydrogen-bond acceptors (Lipinski definition) is 2. The minimum atomic E-state index is -1.03. The van der Waals surface area contributed by atoms with Gasteiger partial charge >= 0.3 is 5.97 Å². The number of hydrogen-bond donors (Lipinski definition) is 1. The number of aliphatic carboxylic acids is 1. The summed E-state index contributed by atoms with van der Waals surface area (Å²) in [7, 11) is 0. The van der Waals surface area contributed by atoms with Gasteiger partial charge < -0.3 is 9.84 Å². The molecule has 0 amide bonds. The summed E-state index contributed by atoms with van der Waals surface area (Å²) < 4.78 is 5.00. The average Bonchev–Trinajstić information content (AvgIpc) is 2.13. The molecular weight excluding hydrogens is 184 g/mol. The maximum Gasteiger partial charge on any atom is 0.341 e. The van der Waals surface area contributed by atoms with Gasteiger partial charge in [-0.2, -0.15) is 0 Å². The van der Waals surface area contributed by atoms with Crippen LogP contribution in [0.3, 0.4) is 0 Å². The van der Waals surface area contributed by atoms with Gasteiger partial charge in [-0.05, 0) is 31.5 Å². The summed E-state index contributed by atoms with van der Waals surface area (Å²) in [5.74, 6) is -0.650. The second kappa shape index (κ2) is 4.00. The molecule has 0 heterocycles. The molecule has 0 aliphatic carbocycles. The molecule has 1 aromatic carbocycles. The second-order valence-electron chi connectivity index (χ2n) is 2.99. The Bertz CT molecular complexity index is 357. The van der Waals surface area contributed by atoms with Gasteiger partial charge in [0.25, 0.3) is 0 Å². The van der Waals surface area contributed by atoms with Crippen molar-refractivity contribution in [2.75, 3.05) is 6.61 Å². The van der Waals surface area contributed by atoms with Gasteiger partial charge in [0.1, 0.15) is 5.75 Å². The molecule has 0 aliphatic heterocycles. The molecule has 1 rings (SSSR count). The third kappa shape index (κ3) is 2.16. The molecule has 0 saturated heterocycles. The average molecular weight is 195 g/mol. The summed E-state index contributed by atoms with van der Waals surface area (Å²) in [4.78, 5) is 10.2. The van der Waals surface area contributed by atoms with E-state index in [-0.39, 0.29) is 5.75 Å². The summed E-state index contributed by atoms with van der Waals surface area (Å²) in [5.41, 5.74) is 1.28. The van der Waals surface area contributed by atoms with Crippen molar-refractivity contribution in [1.82, 2.24) is 0 Å². The van der Waals surface area contributed by atoms with Crippen molar-refractivity contribution in [3.8, 4) is 11.5 Å². The Morgan fingerprint density at radius 3 is 2.57 bits per heavy atom. The van der Waals surface area contributed by atoms with Crippen molar-refractivity contribution in [1.29, 1.82) is 0 Å². The quantitative estimate of drug-likeness (QED) is 0.801. The minimum Gasteiger partial charge on any atom is -0.482 e. The van der Waals surface area contributed by atoms with Crippen molar-refractivity contribution in [2.24, 2.45) is 0 Å². The normalized spacial score (nSPS) is 9.86. The molecular formula is C10H11O4. The fourth-order valence-corrected chi connectivity index (χ4v) is 1.07. The first kappa shape index (κ1) is 10.4. The van der Waals surface area contributed by atoms with Crippen LogP contribution in [-0.2, 0) is 9.90 Å². The smallest absolute Gasteiger partial charge is 0.341 e. The topological polar surface area (TPSA) is 66.4 Å². The van der Waals surface area contributed by atoms with Crippen LogP contribution in [0.25, 0.3) is 0 Å². The minimum absolute atomic E-state index is 0.0647. The lowest BCUT2D eigenvalue weighted by Gasteiger charge is -2.08. The molecule has 1 radical (unpaired) electrons. The SMILES string of the molecule is Cc1c([O])ccc(OCC(=O)O)c1C. The van der Waals surface area contributed by atoms with Crippen LogP contribution in [0.4, 0.5) is 0 Å². The molecule has 75 valence electrons. The number of carboxylic acids is 1. The number of ether oxygens (including phenoxy) is 1. The maximum absolute atomic E-state index is 11.2. The highest BCUT2D eigenvalue weighted by Gasteiger charge is 2.08. The van der Waals surface area contributed by atoms with E-state index in [1.807, 2.05) is 0 Å². The Morgan fingerprint density at radius 2 is 2.00 bits per heavy atom. The van der Waals surface area contributed by atoms with E-state index in [2.05, 4.69) is 0 Å². The lowest BCUT2D eigenvalue weighted by molar-refractivity contribution is -0.139. The Labute approximate surface area is 81.8 Å². The van der Waals surface area contributed by atoms with Crippen molar-refractivity contribution in [2.45, 2.75) is 13.8 Å². The first-order chi connectivity index (χ1) is 6.52. The van der Waals surface area contributed by atoms with Crippen LogP contribution in [0.15, 0.2) is 12.1 Å². The summed E-state index contributed by atoms with van der Waals surface area (Å²) in [6, 6.07) is 2.87. The number of carboxylic acid groups (broad SMARTS) is 1. The van der Waals surface area contributed by atoms with Gasteiger partial charge in [-0.1, -0.05) is 0 Å². The highest BCUT2D eigenvalue weighted by molar-refractivity contribution is 5.68. The standard InChI is InChI=1S/C10H11O4/c1-6-7(2)9(4-3-8(6)11)14-5-10(12)13/h3-4H,5H2,1-2H3,(H,12,13). The van der Waals surface area contributed by atoms with Gasteiger partial charge in [0, 0.05) is 5.56 Å². The number of carbonyl (C=O) groups is 1. The van der Waals surface area contributed by atoms with Gasteiger partial charge in [-0.3, -0.25) is 5.11 Å². The molecule has 0 aromatic heterocycles. The van der Waals surface area contributed by atoms with Crippen molar-refractivity contribution in [3.63, 3.8) is 0 Å². The summed E-state index contributed by atoms with van der Waals surface area (Å²) >= 11 is 0. The van der Waals surface area contributed by atoms with E-state index in [0.717, 1.165) is 0 Å². The van der Waals surface area contributed by atoms with E-state index < -0.39 is 12.6 Å². The van der Waals surface area contributed by atoms with Gasteiger partial charge in [-0.25, -0.2) is 4.79 Å². The van der Waals surface area contributed by atoms with Gasteiger partial charge in [0.15, 0.2) is 12.4 Å².